The van der Waals surface area contributed by atoms with Gasteiger partial charge in [0.25, 0.3) is 0 Å². The second-order valence-electron chi connectivity index (χ2n) is 4.55. The minimum Gasteiger partial charge on any atom is -0.392 e. The number of aliphatic hydroxyl groups is 1. The molecule has 0 aromatic carbocycles. The Morgan fingerprint density at radius 3 is 2.81 bits per heavy atom. The first-order valence-electron chi connectivity index (χ1n) is 5.80. The predicted octanol–water partition coefficient (Wildman–Crippen LogP) is 2.09. The molecule has 1 fully saturated rings. The van der Waals surface area contributed by atoms with Crippen LogP contribution in [0, 0.1) is 19.8 Å². The third-order valence-electron chi connectivity index (χ3n) is 3.39. The van der Waals surface area contributed by atoms with Crippen LogP contribution in [0.1, 0.15) is 28.9 Å². The minimum atomic E-state index is -0.317. The van der Waals surface area contributed by atoms with Gasteiger partial charge in [0.1, 0.15) is 0 Å². The normalized spacial score (nSPS) is 27.2. The van der Waals surface area contributed by atoms with Gasteiger partial charge in [0.2, 0.25) is 0 Å². The Morgan fingerprint density at radius 1 is 1.56 bits per heavy atom. The lowest BCUT2D eigenvalue weighted by Gasteiger charge is -2.19. The first-order valence-corrected chi connectivity index (χ1v) is 6.62. The molecule has 3 nitrogen and oxygen atoms in total. The van der Waals surface area contributed by atoms with Crippen LogP contribution in [0.25, 0.3) is 0 Å². The van der Waals surface area contributed by atoms with Gasteiger partial charge in [-0.3, -0.25) is 0 Å². The van der Waals surface area contributed by atoms with E-state index in [0.29, 0.717) is 6.42 Å². The zero-order chi connectivity index (χ0) is 11.7. The van der Waals surface area contributed by atoms with Gasteiger partial charge < -0.3 is 9.84 Å². The molecule has 4 heteroatoms. The summed E-state index contributed by atoms with van der Waals surface area (Å²) in [5.74, 6) is 0.268. The number of nitrogens with zero attached hydrogens (tertiary/aromatic N) is 1. The number of rotatable bonds is 3. The molecule has 0 spiro atoms. The van der Waals surface area contributed by atoms with Gasteiger partial charge in [-0.05, 0) is 27.2 Å². The average molecular weight is 241 g/mol. The third kappa shape index (κ3) is 2.44. The summed E-state index contributed by atoms with van der Waals surface area (Å²) >= 11 is 1.69. The molecule has 1 aliphatic heterocycles. The molecule has 0 saturated carbocycles. The first-order chi connectivity index (χ1) is 7.58. The fraction of sp³-hybridized carbons (Fsp3) is 0.750. The van der Waals surface area contributed by atoms with E-state index in [-0.39, 0.29) is 18.1 Å². The van der Waals surface area contributed by atoms with Crippen molar-refractivity contribution in [1.29, 1.82) is 0 Å². The Kier molecular flexibility index (Phi) is 3.62. The number of hydrogen-bond donors (Lipinski definition) is 1. The largest absolute Gasteiger partial charge is 0.392 e. The quantitative estimate of drug-likeness (QED) is 0.881. The zero-order valence-electron chi connectivity index (χ0n) is 10.1. The molecule has 1 saturated heterocycles. The molecule has 1 aromatic heterocycles. The number of thiazole rings is 1. The molecule has 1 aromatic rings. The van der Waals surface area contributed by atoms with Gasteiger partial charge in [0.15, 0.2) is 0 Å². The zero-order valence-corrected chi connectivity index (χ0v) is 10.9. The highest BCUT2D eigenvalue weighted by Crippen LogP contribution is 2.27. The van der Waals surface area contributed by atoms with E-state index in [0.717, 1.165) is 23.7 Å². The SMILES string of the molecule is Cc1nc(CC(O)C2CCOC2C)sc1C. The van der Waals surface area contributed by atoms with E-state index < -0.39 is 0 Å². The van der Waals surface area contributed by atoms with Crippen LogP contribution < -0.4 is 0 Å². The van der Waals surface area contributed by atoms with E-state index in [2.05, 4.69) is 11.9 Å². The number of aromatic nitrogens is 1. The maximum atomic E-state index is 10.2. The smallest absolute Gasteiger partial charge is 0.0956 e. The average Bonchev–Trinajstić information content (AvgIpc) is 2.74. The van der Waals surface area contributed by atoms with E-state index >= 15 is 0 Å². The van der Waals surface area contributed by atoms with Gasteiger partial charge in [0, 0.05) is 23.8 Å². The van der Waals surface area contributed by atoms with Crippen LogP contribution in [0.2, 0.25) is 0 Å². The van der Waals surface area contributed by atoms with E-state index in [1.165, 1.54) is 4.88 Å². The van der Waals surface area contributed by atoms with Crippen molar-refractivity contribution in [1.82, 2.24) is 4.98 Å². The van der Waals surface area contributed by atoms with Crippen molar-refractivity contribution in [3.05, 3.63) is 15.6 Å². The summed E-state index contributed by atoms with van der Waals surface area (Å²) in [7, 11) is 0. The number of aryl methyl sites for hydroxylation is 2. The Balaban J connectivity index is 1.98. The highest BCUT2D eigenvalue weighted by Gasteiger charge is 2.31. The second kappa shape index (κ2) is 4.82. The summed E-state index contributed by atoms with van der Waals surface area (Å²) in [6.07, 6.45) is 1.49. The third-order valence-corrected chi connectivity index (χ3v) is 4.48. The van der Waals surface area contributed by atoms with Crippen LogP contribution in [0.15, 0.2) is 0 Å². The second-order valence-corrected chi connectivity index (χ2v) is 5.84. The van der Waals surface area contributed by atoms with E-state index in [9.17, 15) is 5.11 Å². The molecule has 90 valence electrons. The Labute approximate surface area is 100 Å². The summed E-state index contributed by atoms with van der Waals surface area (Å²) in [6, 6.07) is 0. The highest BCUT2D eigenvalue weighted by molar-refractivity contribution is 7.11. The van der Waals surface area contributed by atoms with Gasteiger partial charge in [-0.2, -0.15) is 0 Å². The van der Waals surface area contributed by atoms with Gasteiger partial charge in [0.05, 0.1) is 22.9 Å². The van der Waals surface area contributed by atoms with Crippen molar-refractivity contribution in [2.24, 2.45) is 5.92 Å². The van der Waals surface area contributed by atoms with Crippen molar-refractivity contribution >= 4 is 11.3 Å². The summed E-state index contributed by atoms with van der Waals surface area (Å²) in [4.78, 5) is 5.71. The lowest BCUT2D eigenvalue weighted by molar-refractivity contribution is 0.0440. The van der Waals surface area contributed by atoms with Crippen molar-refractivity contribution in [3.63, 3.8) is 0 Å². The fourth-order valence-electron chi connectivity index (χ4n) is 2.21. The molecule has 0 amide bonds. The maximum absolute atomic E-state index is 10.2. The Morgan fingerprint density at radius 2 is 2.31 bits per heavy atom. The molecule has 2 heterocycles. The van der Waals surface area contributed by atoms with Crippen molar-refractivity contribution in [3.8, 4) is 0 Å². The monoisotopic (exact) mass is 241 g/mol. The molecule has 0 radical (unpaired) electrons. The molecule has 0 aliphatic carbocycles. The van der Waals surface area contributed by atoms with Crippen LogP contribution >= 0.6 is 11.3 Å². The number of ether oxygens (including phenoxy) is 1. The molecule has 16 heavy (non-hydrogen) atoms. The van der Waals surface area contributed by atoms with Crippen LogP contribution in [0.4, 0.5) is 0 Å². The minimum absolute atomic E-state index is 0.178. The lowest BCUT2D eigenvalue weighted by atomic mass is 9.94. The molecule has 1 aliphatic rings. The lowest BCUT2D eigenvalue weighted by Crippen LogP contribution is -2.28. The van der Waals surface area contributed by atoms with E-state index in [1.807, 2.05) is 13.8 Å². The Bertz CT molecular complexity index is 344. The number of hydrogen-bond acceptors (Lipinski definition) is 4. The van der Waals surface area contributed by atoms with Gasteiger partial charge in [-0.15, -0.1) is 11.3 Å². The first kappa shape index (κ1) is 12.0. The molecular weight excluding hydrogens is 222 g/mol. The fourth-order valence-corrected chi connectivity index (χ4v) is 3.19. The molecule has 3 unspecified atom stereocenters. The topological polar surface area (TPSA) is 42.4 Å². The summed E-state index contributed by atoms with van der Waals surface area (Å²) < 4.78 is 5.48. The van der Waals surface area contributed by atoms with Gasteiger partial charge >= 0.3 is 0 Å². The molecule has 2 rings (SSSR count). The van der Waals surface area contributed by atoms with Crippen molar-refractivity contribution in [2.45, 2.75) is 45.8 Å². The highest BCUT2D eigenvalue weighted by atomic mass is 32.1. The van der Waals surface area contributed by atoms with Crippen LogP contribution in [-0.4, -0.2) is 28.9 Å². The van der Waals surface area contributed by atoms with Crippen molar-refractivity contribution < 1.29 is 9.84 Å². The molecule has 1 N–H and O–H groups in total. The van der Waals surface area contributed by atoms with Gasteiger partial charge in [-0.1, -0.05) is 0 Å². The molecule has 0 bridgehead atoms. The maximum Gasteiger partial charge on any atom is 0.0956 e. The van der Waals surface area contributed by atoms with E-state index in [1.54, 1.807) is 11.3 Å². The van der Waals surface area contributed by atoms with Crippen LogP contribution in [0.3, 0.4) is 0 Å². The molecule has 3 atom stereocenters. The van der Waals surface area contributed by atoms with Crippen LogP contribution in [0.5, 0.6) is 0 Å². The van der Waals surface area contributed by atoms with Gasteiger partial charge in [-0.25, -0.2) is 4.98 Å². The summed E-state index contributed by atoms with van der Waals surface area (Å²) in [6.45, 7) is 6.91. The summed E-state index contributed by atoms with van der Waals surface area (Å²) in [5, 5.41) is 11.2. The standard InChI is InChI=1S/C12H19NO2S/c1-7-9(3)16-12(13-7)6-11(14)10-4-5-15-8(10)2/h8,10-11,14H,4-6H2,1-3H3. The van der Waals surface area contributed by atoms with Crippen LogP contribution in [-0.2, 0) is 11.2 Å². The predicted molar refractivity (Wildman–Crippen MR) is 64.8 cm³/mol. The Hall–Kier alpha value is -0.450. The summed E-state index contributed by atoms with van der Waals surface area (Å²) in [5.41, 5.74) is 1.09. The molecular formula is C12H19NO2S. The number of aliphatic hydroxyl groups excluding tert-OH is 1. The van der Waals surface area contributed by atoms with Crippen molar-refractivity contribution in [2.75, 3.05) is 6.61 Å². The van der Waals surface area contributed by atoms with E-state index in [4.69, 9.17) is 4.74 Å².